The van der Waals surface area contributed by atoms with E-state index in [1.54, 1.807) is 6.07 Å². The molecular formula is C16H23ClN2O. The maximum atomic E-state index is 12.0. The Kier molecular flexibility index (Phi) is 4.71. The Hall–Kier alpha value is -1.06. The number of halogens is 1. The molecule has 1 atom stereocenters. The highest BCUT2D eigenvalue weighted by atomic mass is 35.5. The van der Waals surface area contributed by atoms with Crippen molar-refractivity contribution in [2.45, 2.75) is 46.1 Å². The number of nitrogens with one attached hydrogen (secondary N) is 2. The van der Waals surface area contributed by atoms with E-state index in [-0.39, 0.29) is 5.91 Å². The van der Waals surface area contributed by atoms with Crippen LogP contribution in [0, 0.1) is 12.3 Å². The van der Waals surface area contributed by atoms with Gasteiger partial charge in [0.05, 0.1) is 6.54 Å². The summed E-state index contributed by atoms with van der Waals surface area (Å²) < 4.78 is 0. The Balaban J connectivity index is 1.83. The Morgan fingerprint density at radius 1 is 1.45 bits per heavy atom. The van der Waals surface area contributed by atoms with Gasteiger partial charge in [-0.1, -0.05) is 31.5 Å². The molecule has 3 nitrogen and oxygen atoms in total. The summed E-state index contributed by atoms with van der Waals surface area (Å²) in [4.78, 5) is 12.0. The SMILES string of the molecule is Cc1ccc(Cl)cc1NC(=O)CNC1CCC(C)(C)C1. The third kappa shape index (κ3) is 4.22. The zero-order valence-electron chi connectivity index (χ0n) is 12.4. The van der Waals surface area contributed by atoms with Gasteiger partial charge >= 0.3 is 0 Å². The van der Waals surface area contributed by atoms with Gasteiger partial charge in [-0.05, 0) is 49.3 Å². The number of carbonyl (C=O) groups is 1. The molecule has 110 valence electrons. The molecule has 1 saturated carbocycles. The van der Waals surface area contributed by atoms with Crippen molar-refractivity contribution >= 4 is 23.2 Å². The van der Waals surface area contributed by atoms with E-state index < -0.39 is 0 Å². The average Bonchev–Trinajstić information content (AvgIpc) is 2.71. The third-order valence-electron chi connectivity index (χ3n) is 3.99. The van der Waals surface area contributed by atoms with E-state index >= 15 is 0 Å². The molecule has 1 aromatic rings. The van der Waals surface area contributed by atoms with Crippen LogP contribution in [-0.4, -0.2) is 18.5 Å². The lowest BCUT2D eigenvalue weighted by atomic mass is 9.92. The number of rotatable bonds is 4. The van der Waals surface area contributed by atoms with Crippen molar-refractivity contribution in [2.24, 2.45) is 5.41 Å². The van der Waals surface area contributed by atoms with Gasteiger partial charge in [0.25, 0.3) is 0 Å². The Labute approximate surface area is 126 Å². The number of aryl methyl sites for hydroxylation is 1. The Morgan fingerprint density at radius 3 is 2.85 bits per heavy atom. The lowest BCUT2D eigenvalue weighted by Gasteiger charge is -2.18. The van der Waals surface area contributed by atoms with Crippen LogP contribution in [0.5, 0.6) is 0 Å². The molecule has 0 radical (unpaired) electrons. The number of benzene rings is 1. The molecule has 20 heavy (non-hydrogen) atoms. The molecule has 1 aliphatic rings. The lowest BCUT2D eigenvalue weighted by Crippen LogP contribution is -2.35. The second-order valence-corrected chi connectivity index (χ2v) is 6.93. The molecule has 0 aromatic heterocycles. The molecule has 1 fully saturated rings. The molecule has 2 N–H and O–H groups in total. The minimum absolute atomic E-state index is 0.0138. The van der Waals surface area contributed by atoms with E-state index in [9.17, 15) is 4.79 Å². The largest absolute Gasteiger partial charge is 0.325 e. The fraction of sp³-hybridized carbons (Fsp3) is 0.562. The van der Waals surface area contributed by atoms with Gasteiger partial charge in [-0.25, -0.2) is 0 Å². The van der Waals surface area contributed by atoms with Crippen LogP contribution >= 0.6 is 11.6 Å². The fourth-order valence-electron chi connectivity index (χ4n) is 2.77. The summed E-state index contributed by atoms with van der Waals surface area (Å²) in [5.74, 6) is -0.0138. The zero-order chi connectivity index (χ0) is 14.8. The van der Waals surface area contributed by atoms with E-state index in [2.05, 4.69) is 24.5 Å². The van der Waals surface area contributed by atoms with Crippen molar-refractivity contribution in [2.75, 3.05) is 11.9 Å². The predicted octanol–water partition coefficient (Wildman–Crippen LogP) is 3.76. The van der Waals surface area contributed by atoms with E-state index in [0.717, 1.165) is 24.1 Å². The topological polar surface area (TPSA) is 41.1 Å². The van der Waals surface area contributed by atoms with Crippen LogP contribution in [0.2, 0.25) is 5.02 Å². The smallest absolute Gasteiger partial charge is 0.238 e. The van der Waals surface area contributed by atoms with Crippen molar-refractivity contribution in [3.8, 4) is 0 Å². The van der Waals surface area contributed by atoms with Gasteiger partial charge in [-0.2, -0.15) is 0 Å². The highest BCUT2D eigenvalue weighted by Gasteiger charge is 2.30. The number of hydrogen-bond donors (Lipinski definition) is 2. The van der Waals surface area contributed by atoms with Gasteiger partial charge in [0.2, 0.25) is 5.91 Å². The summed E-state index contributed by atoms with van der Waals surface area (Å²) in [5.41, 5.74) is 2.21. The van der Waals surface area contributed by atoms with E-state index in [4.69, 9.17) is 11.6 Å². The molecule has 1 unspecified atom stereocenters. The van der Waals surface area contributed by atoms with Crippen LogP contribution in [0.1, 0.15) is 38.7 Å². The first kappa shape index (κ1) is 15.3. The zero-order valence-corrected chi connectivity index (χ0v) is 13.2. The minimum atomic E-state index is -0.0138. The van der Waals surface area contributed by atoms with E-state index in [1.807, 2.05) is 19.1 Å². The average molecular weight is 295 g/mol. The number of carbonyl (C=O) groups excluding carboxylic acids is 1. The first-order valence-electron chi connectivity index (χ1n) is 7.15. The molecule has 4 heteroatoms. The Bertz CT molecular complexity index is 499. The summed E-state index contributed by atoms with van der Waals surface area (Å²) in [6.07, 6.45) is 3.51. The van der Waals surface area contributed by atoms with Crippen LogP contribution in [0.4, 0.5) is 5.69 Å². The summed E-state index contributed by atoms with van der Waals surface area (Å²) in [7, 11) is 0. The quantitative estimate of drug-likeness (QED) is 0.888. The van der Waals surface area contributed by atoms with Gasteiger partial charge < -0.3 is 10.6 Å². The summed E-state index contributed by atoms with van der Waals surface area (Å²) in [6.45, 7) is 6.87. The monoisotopic (exact) mass is 294 g/mol. The van der Waals surface area contributed by atoms with Gasteiger partial charge in [-0.3, -0.25) is 4.79 Å². The van der Waals surface area contributed by atoms with Crippen LogP contribution < -0.4 is 10.6 Å². The van der Waals surface area contributed by atoms with Crippen molar-refractivity contribution in [3.05, 3.63) is 28.8 Å². The number of anilines is 1. The van der Waals surface area contributed by atoms with Gasteiger partial charge in [0, 0.05) is 16.8 Å². The molecule has 1 amide bonds. The van der Waals surface area contributed by atoms with E-state index in [0.29, 0.717) is 23.0 Å². The first-order valence-corrected chi connectivity index (χ1v) is 7.53. The van der Waals surface area contributed by atoms with Gasteiger partial charge in [0.1, 0.15) is 0 Å². The molecule has 0 bridgehead atoms. The summed E-state index contributed by atoms with van der Waals surface area (Å²) in [5, 5.41) is 6.89. The van der Waals surface area contributed by atoms with Gasteiger partial charge in [-0.15, -0.1) is 0 Å². The second kappa shape index (κ2) is 6.15. The van der Waals surface area contributed by atoms with Crippen LogP contribution in [-0.2, 0) is 4.79 Å². The molecule has 0 aliphatic heterocycles. The highest BCUT2D eigenvalue weighted by molar-refractivity contribution is 6.31. The molecule has 0 spiro atoms. The van der Waals surface area contributed by atoms with E-state index in [1.165, 1.54) is 6.42 Å². The molecule has 1 aliphatic carbocycles. The van der Waals surface area contributed by atoms with Crippen molar-refractivity contribution in [1.29, 1.82) is 0 Å². The molecule has 0 saturated heterocycles. The first-order chi connectivity index (χ1) is 9.35. The maximum Gasteiger partial charge on any atom is 0.238 e. The molecular weight excluding hydrogens is 272 g/mol. The Morgan fingerprint density at radius 2 is 2.20 bits per heavy atom. The molecule has 0 heterocycles. The third-order valence-corrected chi connectivity index (χ3v) is 4.23. The van der Waals surface area contributed by atoms with Crippen molar-refractivity contribution in [3.63, 3.8) is 0 Å². The summed E-state index contributed by atoms with van der Waals surface area (Å²) >= 11 is 5.95. The number of amides is 1. The van der Waals surface area contributed by atoms with Gasteiger partial charge in [0.15, 0.2) is 0 Å². The van der Waals surface area contributed by atoms with Crippen molar-refractivity contribution in [1.82, 2.24) is 5.32 Å². The predicted molar refractivity (Wildman–Crippen MR) is 84.2 cm³/mol. The highest BCUT2D eigenvalue weighted by Crippen LogP contribution is 2.36. The summed E-state index contributed by atoms with van der Waals surface area (Å²) in [6, 6.07) is 5.97. The van der Waals surface area contributed by atoms with Crippen molar-refractivity contribution < 1.29 is 4.79 Å². The van der Waals surface area contributed by atoms with Crippen LogP contribution in [0.15, 0.2) is 18.2 Å². The molecule has 2 rings (SSSR count). The van der Waals surface area contributed by atoms with Crippen LogP contribution in [0.25, 0.3) is 0 Å². The standard InChI is InChI=1S/C16H23ClN2O/c1-11-4-5-12(17)8-14(11)19-15(20)10-18-13-6-7-16(2,3)9-13/h4-5,8,13,18H,6-7,9-10H2,1-3H3,(H,19,20). The maximum absolute atomic E-state index is 12.0. The number of hydrogen-bond acceptors (Lipinski definition) is 2. The normalized spacial score (nSPS) is 20.9. The minimum Gasteiger partial charge on any atom is -0.325 e. The second-order valence-electron chi connectivity index (χ2n) is 6.49. The fourth-order valence-corrected chi connectivity index (χ4v) is 2.94. The molecule has 1 aromatic carbocycles. The van der Waals surface area contributed by atoms with Crippen LogP contribution in [0.3, 0.4) is 0 Å². The lowest BCUT2D eigenvalue weighted by molar-refractivity contribution is -0.115.